The molecule has 6 nitrogen and oxygen atoms in total. The monoisotopic (exact) mass is 913 g/mol. The molecule has 0 aliphatic heterocycles. The zero-order chi connectivity index (χ0) is 47.9. The summed E-state index contributed by atoms with van der Waals surface area (Å²) in [4.78, 5) is 38.0. The van der Waals surface area contributed by atoms with Crippen LogP contribution in [-0.2, 0) is 28.6 Å². The van der Waals surface area contributed by atoms with Gasteiger partial charge in [-0.1, -0.05) is 251 Å². The van der Waals surface area contributed by atoms with Gasteiger partial charge in [-0.15, -0.1) is 0 Å². The van der Waals surface area contributed by atoms with Crippen molar-refractivity contribution in [3.63, 3.8) is 0 Å². The average Bonchev–Trinajstić information content (AvgIpc) is 3.31. The molecule has 0 heterocycles. The van der Waals surface area contributed by atoms with Gasteiger partial charge < -0.3 is 14.2 Å². The second-order valence-electron chi connectivity index (χ2n) is 17.2. The van der Waals surface area contributed by atoms with Gasteiger partial charge in [-0.05, 0) is 70.6 Å². The van der Waals surface area contributed by atoms with Gasteiger partial charge >= 0.3 is 17.9 Å². The second kappa shape index (κ2) is 53.4. The Bertz CT molecular complexity index is 1420. The van der Waals surface area contributed by atoms with Crippen LogP contribution in [0.2, 0.25) is 0 Å². The average molecular weight is 913 g/mol. The van der Waals surface area contributed by atoms with Crippen LogP contribution in [0, 0.1) is 0 Å². The highest BCUT2D eigenvalue weighted by molar-refractivity contribution is 5.71. The Morgan fingerprint density at radius 3 is 1.12 bits per heavy atom. The summed E-state index contributed by atoms with van der Waals surface area (Å²) in [5, 5.41) is 0. The minimum Gasteiger partial charge on any atom is -0.462 e. The Balaban J connectivity index is 4.53. The predicted octanol–water partition coefficient (Wildman–Crippen LogP) is 17.7. The molecule has 0 aliphatic carbocycles. The summed E-state index contributed by atoms with van der Waals surface area (Å²) in [5.74, 6) is -0.975. The largest absolute Gasteiger partial charge is 0.462 e. The van der Waals surface area contributed by atoms with Gasteiger partial charge in [0.05, 0.1) is 0 Å². The van der Waals surface area contributed by atoms with Crippen molar-refractivity contribution >= 4 is 17.9 Å². The molecule has 0 saturated heterocycles. The molecule has 6 heteroatoms. The van der Waals surface area contributed by atoms with Crippen molar-refractivity contribution in [3.8, 4) is 0 Å². The number of allylic oxidation sites excluding steroid dienone is 20. The lowest BCUT2D eigenvalue weighted by Gasteiger charge is -2.18. The van der Waals surface area contributed by atoms with Crippen LogP contribution in [0.1, 0.15) is 220 Å². The van der Waals surface area contributed by atoms with E-state index in [0.717, 1.165) is 103 Å². The number of hydrogen-bond donors (Lipinski definition) is 0. The maximum absolute atomic E-state index is 12.8. The lowest BCUT2D eigenvalue weighted by molar-refractivity contribution is -0.167. The first-order chi connectivity index (χ1) is 32.5. The van der Waals surface area contributed by atoms with Gasteiger partial charge in [-0.25, -0.2) is 0 Å². The van der Waals surface area contributed by atoms with Gasteiger partial charge in [0.15, 0.2) is 6.10 Å². The smallest absolute Gasteiger partial charge is 0.306 e. The van der Waals surface area contributed by atoms with E-state index in [4.69, 9.17) is 14.2 Å². The summed E-state index contributed by atoms with van der Waals surface area (Å²) in [6, 6.07) is 0. The van der Waals surface area contributed by atoms with Crippen LogP contribution in [0.5, 0.6) is 0 Å². The number of unbranched alkanes of at least 4 members (excludes halogenated alkanes) is 21. The van der Waals surface area contributed by atoms with Crippen LogP contribution in [0.15, 0.2) is 122 Å². The number of rotatable bonds is 46. The number of esters is 3. The van der Waals surface area contributed by atoms with Crippen molar-refractivity contribution in [2.45, 2.75) is 226 Å². The van der Waals surface area contributed by atoms with Gasteiger partial charge in [0, 0.05) is 19.3 Å². The molecule has 0 radical (unpaired) electrons. The summed E-state index contributed by atoms with van der Waals surface area (Å²) in [5.41, 5.74) is 0. The molecule has 1 atom stereocenters. The van der Waals surface area contributed by atoms with Crippen molar-refractivity contribution in [2.75, 3.05) is 13.2 Å². The van der Waals surface area contributed by atoms with Crippen molar-refractivity contribution < 1.29 is 28.6 Å². The first-order valence-corrected chi connectivity index (χ1v) is 26.6. The molecular weight excluding hydrogens is 817 g/mol. The molecule has 0 aromatic carbocycles. The fourth-order valence-corrected chi connectivity index (χ4v) is 6.97. The fourth-order valence-electron chi connectivity index (χ4n) is 6.97. The number of hydrogen-bond acceptors (Lipinski definition) is 6. The Hall–Kier alpha value is -4.19. The highest BCUT2D eigenvalue weighted by Gasteiger charge is 2.19. The third kappa shape index (κ3) is 50.8. The summed E-state index contributed by atoms with van der Waals surface area (Å²) in [6.45, 7) is 6.31. The van der Waals surface area contributed by atoms with E-state index in [1.54, 1.807) is 0 Å². The molecule has 0 N–H and O–H groups in total. The second-order valence-corrected chi connectivity index (χ2v) is 17.2. The predicted molar refractivity (Wildman–Crippen MR) is 283 cm³/mol. The van der Waals surface area contributed by atoms with E-state index in [2.05, 4.69) is 69.4 Å². The Morgan fingerprint density at radius 2 is 0.667 bits per heavy atom. The van der Waals surface area contributed by atoms with Gasteiger partial charge in [-0.3, -0.25) is 14.4 Å². The van der Waals surface area contributed by atoms with E-state index >= 15 is 0 Å². The number of ether oxygens (including phenoxy) is 3. The molecule has 66 heavy (non-hydrogen) atoms. The van der Waals surface area contributed by atoms with Crippen molar-refractivity contribution in [1.29, 1.82) is 0 Å². The summed E-state index contributed by atoms with van der Waals surface area (Å²) >= 11 is 0. The van der Waals surface area contributed by atoms with Crippen molar-refractivity contribution in [3.05, 3.63) is 122 Å². The standard InChI is InChI=1S/C60H96O6/c1-4-7-10-13-16-19-22-25-28-29-30-31-33-35-38-41-44-47-50-53-59(62)65-56-57(55-64-58(61)52-49-46-43-40-37-34-27-24-21-18-15-12-9-6-3)66-60(63)54-51-48-45-42-39-36-32-26-23-20-17-14-11-8-5-2/h7,9-10,12-13,16,18-19,21-22,25,27-31,33-35,38,57H,4-6,8,11,14-15,17,20,23-24,26,32,36-37,39-56H2,1-3H3/b10-7-,12-9-,16-13-,21-18-,22-19-,28-25-,30-29+,33-31-,34-27-,38-35-. The van der Waals surface area contributed by atoms with Crippen LogP contribution >= 0.6 is 0 Å². The van der Waals surface area contributed by atoms with E-state index in [1.165, 1.54) is 77.0 Å². The van der Waals surface area contributed by atoms with Crippen molar-refractivity contribution in [2.24, 2.45) is 0 Å². The highest BCUT2D eigenvalue weighted by atomic mass is 16.6. The molecule has 0 saturated carbocycles. The van der Waals surface area contributed by atoms with Crippen molar-refractivity contribution in [1.82, 2.24) is 0 Å². The van der Waals surface area contributed by atoms with E-state index in [1.807, 2.05) is 72.9 Å². The Labute approximate surface area is 405 Å². The van der Waals surface area contributed by atoms with Crippen LogP contribution < -0.4 is 0 Å². The zero-order valence-electron chi connectivity index (χ0n) is 42.4. The van der Waals surface area contributed by atoms with Gasteiger partial charge in [0.25, 0.3) is 0 Å². The van der Waals surface area contributed by atoms with E-state index < -0.39 is 6.10 Å². The third-order valence-corrected chi connectivity index (χ3v) is 10.9. The van der Waals surface area contributed by atoms with Crippen LogP contribution in [0.25, 0.3) is 0 Å². The van der Waals surface area contributed by atoms with E-state index in [0.29, 0.717) is 19.3 Å². The van der Waals surface area contributed by atoms with Crippen LogP contribution in [0.3, 0.4) is 0 Å². The molecule has 0 spiro atoms. The maximum Gasteiger partial charge on any atom is 0.306 e. The molecule has 0 bridgehead atoms. The zero-order valence-corrected chi connectivity index (χ0v) is 42.4. The van der Waals surface area contributed by atoms with Crippen LogP contribution in [-0.4, -0.2) is 37.2 Å². The summed E-state index contributed by atoms with van der Waals surface area (Å²) in [6.07, 6.45) is 73.2. The number of carbonyl (C=O) groups is 3. The first kappa shape index (κ1) is 61.8. The molecule has 0 aromatic rings. The van der Waals surface area contributed by atoms with Gasteiger partial charge in [0.1, 0.15) is 13.2 Å². The summed E-state index contributed by atoms with van der Waals surface area (Å²) in [7, 11) is 0. The Morgan fingerprint density at radius 1 is 0.333 bits per heavy atom. The molecule has 0 rings (SSSR count). The summed E-state index contributed by atoms with van der Waals surface area (Å²) < 4.78 is 16.8. The Kier molecular flexibility index (Phi) is 50.0. The molecule has 1 unspecified atom stereocenters. The minimum absolute atomic E-state index is 0.106. The fraction of sp³-hybridized carbons (Fsp3) is 0.617. The quantitative estimate of drug-likeness (QED) is 0.0199. The topological polar surface area (TPSA) is 78.9 Å². The molecule has 0 aromatic heterocycles. The molecule has 0 amide bonds. The lowest BCUT2D eigenvalue weighted by Crippen LogP contribution is -2.30. The molecular formula is C60H96O6. The normalized spacial score (nSPS) is 13.1. The highest BCUT2D eigenvalue weighted by Crippen LogP contribution is 2.15. The van der Waals surface area contributed by atoms with Gasteiger partial charge in [0.2, 0.25) is 0 Å². The van der Waals surface area contributed by atoms with Crippen LogP contribution in [0.4, 0.5) is 0 Å². The number of carbonyl (C=O) groups excluding carboxylic acids is 3. The maximum atomic E-state index is 12.8. The van der Waals surface area contributed by atoms with E-state index in [9.17, 15) is 14.4 Å². The SMILES string of the molecule is CC\C=C/C=C\C=C/C=C\C=C\C=C/C=C\CCCCCC(=O)OCC(COC(=O)CCCCCC/C=C\C/C=C\C/C=C\CC)OC(=O)CCCCCCCCCCCCCCCCC. The molecule has 0 aliphatic rings. The van der Waals surface area contributed by atoms with Gasteiger partial charge in [-0.2, -0.15) is 0 Å². The molecule has 372 valence electrons. The van der Waals surface area contributed by atoms with E-state index in [-0.39, 0.29) is 31.1 Å². The lowest BCUT2D eigenvalue weighted by atomic mass is 10.0. The first-order valence-electron chi connectivity index (χ1n) is 26.6. The molecule has 0 fully saturated rings. The third-order valence-electron chi connectivity index (χ3n) is 10.9. The minimum atomic E-state index is -0.808.